The monoisotopic (exact) mass is 338 g/mol. The van der Waals surface area contributed by atoms with E-state index in [0.717, 1.165) is 0 Å². The Balaban J connectivity index is 2.79. The van der Waals surface area contributed by atoms with Crippen molar-refractivity contribution in [2.24, 2.45) is 0 Å². The zero-order valence-electron chi connectivity index (χ0n) is 11.4. The van der Waals surface area contributed by atoms with Gasteiger partial charge in [0, 0.05) is 12.1 Å². The molecule has 2 aromatic rings. The first kappa shape index (κ1) is 16.2. The molecule has 2 rings (SSSR count). The van der Waals surface area contributed by atoms with Crippen molar-refractivity contribution in [1.82, 2.24) is 0 Å². The second-order valence-electron chi connectivity index (χ2n) is 4.47. The lowest BCUT2D eigenvalue weighted by molar-refractivity contribution is -0.394. The molecule has 10 nitrogen and oxygen atoms in total. The Hall–Kier alpha value is -3.21. The van der Waals surface area contributed by atoms with Crippen LogP contribution in [0.4, 0.5) is 22.7 Å². The van der Waals surface area contributed by atoms with E-state index in [9.17, 15) is 28.6 Å². The van der Waals surface area contributed by atoms with Crippen LogP contribution in [0.25, 0.3) is 0 Å². The van der Waals surface area contributed by atoms with Gasteiger partial charge in [0.15, 0.2) is 0 Å². The number of anilines is 2. The zero-order valence-corrected chi connectivity index (χ0v) is 12.2. The molecule has 0 unspecified atom stereocenters. The van der Waals surface area contributed by atoms with Crippen molar-refractivity contribution in [3.63, 3.8) is 0 Å². The van der Waals surface area contributed by atoms with E-state index in [4.69, 9.17) is 11.5 Å². The van der Waals surface area contributed by atoms with Crippen LogP contribution in [0.1, 0.15) is 0 Å². The predicted octanol–water partition coefficient (Wildman–Crippen LogP) is 1.50. The van der Waals surface area contributed by atoms with Crippen molar-refractivity contribution in [2.75, 3.05) is 11.5 Å². The van der Waals surface area contributed by atoms with Crippen LogP contribution in [-0.4, -0.2) is 18.3 Å². The SMILES string of the molecule is Nc1cccc(N)c1S(=O)(=O)c1cc([N+](=O)[O-])cc([N+](=O)[O-])c1. The topological polar surface area (TPSA) is 172 Å². The van der Waals surface area contributed by atoms with Gasteiger partial charge in [0.2, 0.25) is 9.84 Å². The molecule has 4 N–H and O–H groups in total. The number of nitrogen functional groups attached to an aromatic ring is 2. The predicted molar refractivity (Wildman–Crippen MR) is 80.5 cm³/mol. The van der Waals surface area contributed by atoms with E-state index in [1.807, 2.05) is 0 Å². The van der Waals surface area contributed by atoms with Crippen LogP contribution in [0.2, 0.25) is 0 Å². The van der Waals surface area contributed by atoms with Gasteiger partial charge < -0.3 is 11.5 Å². The van der Waals surface area contributed by atoms with Gasteiger partial charge in [-0.25, -0.2) is 8.42 Å². The van der Waals surface area contributed by atoms with Crippen molar-refractivity contribution in [3.8, 4) is 0 Å². The quantitative estimate of drug-likeness (QED) is 0.479. The van der Waals surface area contributed by atoms with Crippen LogP contribution in [0.15, 0.2) is 46.2 Å². The number of nitrogens with two attached hydrogens (primary N) is 2. The van der Waals surface area contributed by atoms with Crippen molar-refractivity contribution in [3.05, 3.63) is 56.6 Å². The van der Waals surface area contributed by atoms with Gasteiger partial charge in [0.05, 0.1) is 32.2 Å². The normalized spacial score (nSPS) is 11.1. The Bertz CT molecular complexity index is 873. The maximum Gasteiger partial charge on any atom is 0.277 e. The van der Waals surface area contributed by atoms with Crippen LogP contribution in [0, 0.1) is 20.2 Å². The summed E-state index contributed by atoms with van der Waals surface area (Å²) >= 11 is 0. The summed E-state index contributed by atoms with van der Waals surface area (Å²) in [7, 11) is -4.37. The van der Waals surface area contributed by atoms with Crippen LogP contribution >= 0.6 is 0 Å². The van der Waals surface area contributed by atoms with Crippen LogP contribution in [0.5, 0.6) is 0 Å². The van der Waals surface area contributed by atoms with Crippen LogP contribution < -0.4 is 11.5 Å². The molecule has 0 atom stereocenters. The zero-order chi connectivity index (χ0) is 17.4. The highest BCUT2D eigenvalue weighted by Gasteiger charge is 2.28. The third-order valence-electron chi connectivity index (χ3n) is 2.95. The lowest BCUT2D eigenvalue weighted by Gasteiger charge is -2.10. The number of nitrogens with zero attached hydrogens (tertiary/aromatic N) is 2. The second-order valence-corrected chi connectivity index (χ2v) is 6.35. The minimum Gasteiger partial charge on any atom is -0.398 e. The molecule has 0 bridgehead atoms. The van der Waals surface area contributed by atoms with Gasteiger partial charge in [-0.15, -0.1) is 0 Å². The molecule has 0 amide bonds. The number of sulfone groups is 1. The van der Waals surface area contributed by atoms with Crippen molar-refractivity contribution >= 4 is 32.6 Å². The average Bonchev–Trinajstić information content (AvgIpc) is 2.46. The van der Waals surface area contributed by atoms with Crippen LogP contribution in [-0.2, 0) is 9.84 Å². The number of nitro benzene ring substituents is 2. The molecule has 0 aliphatic carbocycles. The Kier molecular flexibility index (Phi) is 3.89. The summed E-state index contributed by atoms with van der Waals surface area (Å²) in [6.45, 7) is 0. The van der Waals surface area contributed by atoms with E-state index in [2.05, 4.69) is 0 Å². The average molecular weight is 338 g/mol. The smallest absolute Gasteiger partial charge is 0.277 e. The Morgan fingerprint density at radius 2 is 1.30 bits per heavy atom. The number of rotatable bonds is 4. The Labute approximate surface area is 129 Å². The highest BCUT2D eigenvalue weighted by atomic mass is 32.2. The van der Waals surface area contributed by atoms with E-state index in [-0.39, 0.29) is 11.4 Å². The molecule has 11 heteroatoms. The van der Waals surface area contributed by atoms with Crippen molar-refractivity contribution < 1.29 is 18.3 Å². The third kappa shape index (κ3) is 2.89. The van der Waals surface area contributed by atoms with Gasteiger partial charge in [-0.1, -0.05) is 6.07 Å². The maximum absolute atomic E-state index is 12.6. The van der Waals surface area contributed by atoms with E-state index >= 15 is 0 Å². The summed E-state index contributed by atoms with van der Waals surface area (Å²) in [5.41, 5.74) is 9.43. The van der Waals surface area contributed by atoms with Gasteiger partial charge in [-0.2, -0.15) is 0 Å². The summed E-state index contributed by atoms with van der Waals surface area (Å²) in [5, 5.41) is 21.7. The van der Waals surface area contributed by atoms with Gasteiger partial charge in [0.25, 0.3) is 11.4 Å². The highest BCUT2D eigenvalue weighted by molar-refractivity contribution is 7.91. The summed E-state index contributed by atoms with van der Waals surface area (Å²) in [4.78, 5) is 18.8. The first-order chi connectivity index (χ1) is 10.6. The summed E-state index contributed by atoms with van der Waals surface area (Å²) in [6, 6.07) is 6.10. The van der Waals surface area contributed by atoms with Crippen molar-refractivity contribution in [1.29, 1.82) is 0 Å². The molecule has 0 fully saturated rings. The second kappa shape index (κ2) is 5.53. The molecule has 0 aliphatic rings. The van der Waals surface area contributed by atoms with Gasteiger partial charge in [-0.05, 0) is 12.1 Å². The maximum atomic E-state index is 12.6. The van der Waals surface area contributed by atoms with Gasteiger partial charge in [-0.3, -0.25) is 20.2 Å². The molecule has 0 saturated heterocycles. The highest BCUT2D eigenvalue weighted by Crippen LogP contribution is 2.34. The third-order valence-corrected chi connectivity index (χ3v) is 4.82. The first-order valence-electron chi connectivity index (χ1n) is 5.97. The van der Waals surface area contributed by atoms with E-state index in [1.54, 1.807) is 0 Å². The molecular weight excluding hydrogens is 328 g/mol. The molecule has 0 aliphatic heterocycles. The van der Waals surface area contributed by atoms with Gasteiger partial charge >= 0.3 is 0 Å². The molecule has 0 heterocycles. The molecule has 120 valence electrons. The summed E-state index contributed by atoms with van der Waals surface area (Å²) in [5.74, 6) is 0. The molecule has 0 saturated carbocycles. The number of nitro groups is 2. The number of hydrogen-bond donors (Lipinski definition) is 2. The first-order valence-corrected chi connectivity index (χ1v) is 7.46. The van der Waals surface area contributed by atoms with Gasteiger partial charge in [0.1, 0.15) is 4.90 Å². The Morgan fingerprint density at radius 3 is 1.70 bits per heavy atom. The minimum atomic E-state index is -4.37. The van der Waals surface area contributed by atoms with E-state index < -0.39 is 40.8 Å². The number of benzene rings is 2. The lowest BCUT2D eigenvalue weighted by Crippen LogP contribution is -2.09. The molecule has 0 radical (unpaired) electrons. The fourth-order valence-electron chi connectivity index (χ4n) is 1.94. The molecule has 2 aromatic carbocycles. The molecule has 0 spiro atoms. The largest absolute Gasteiger partial charge is 0.398 e. The van der Waals surface area contributed by atoms with Crippen molar-refractivity contribution in [2.45, 2.75) is 9.79 Å². The standard InChI is InChI=1S/C12H10N4O6S/c13-10-2-1-3-11(14)12(10)23(21,22)9-5-7(15(17)18)4-8(6-9)16(19)20/h1-6H,13-14H2. The lowest BCUT2D eigenvalue weighted by atomic mass is 10.3. The number of non-ortho nitro benzene ring substituents is 2. The van der Waals surface area contributed by atoms with Crippen LogP contribution in [0.3, 0.4) is 0 Å². The summed E-state index contributed by atoms with van der Waals surface area (Å²) in [6.07, 6.45) is 0. The molecular formula is C12H10N4O6S. The summed E-state index contributed by atoms with van der Waals surface area (Å²) < 4.78 is 25.2. The fraction of sp³-hybridized carbons (Fsp3) is 0. The molecule has 23 heavy (non-hydrogen) atoms. The Morgan fingerprint density at radius 1 is 0.870 bits per heavy atom. The number of hydrogen-bond acceptors (Lipinski definition) is 8. The fourth-order valence-corrected chi connectivity index (χ4v) is 3.48. The van der Waals surface area contributed by atoms with E-state index in [1.165, 1.54) is 18.2 Å². The van der Waals surface area contributed by atoms with E-state index in [0.29, 0.717) is 18.2 Å². The molecule has 0 aromatic heterocycles. The minimum absolute atomic E-state index is 0.167.